The molecule has 1 aliphatic rings. The van der Waals surface area contributed by atoms with Crippen molar-refractivity contribution in [3.05, 3.63) is 34.6 Å². The summed E-state index contributed by atoms with van der Waals surface area (Å²) in [6.45, 7) is 6.32. The average Bonchev–Trinajstić information content (AvgIpc) is 3.20. The number of nitrogens with zero attached hydrogens (tertiary/aromatic N) is 3. The highest BCUT2D eigenvalue weighted by Crippen LogP contribution is 2.23. The number of Topliss-reactive ketones (excluding diaryl/α,β-unsaturated/α-hetero) is 1. The van der Waals surface area contributed by atoms with Crippen molar-refractivity contribution in [2.75, 3.05) is 26.2 Å². The first-order chi connectivity index (χ1) is 10.6. The third-order valence-corrected chi connectivity index (χ3v) is 5.09. The first kappa shape index (κ1) is 15.4. The van der Waals surface area contributed by atoms with Crippen LogP contribution in [0.1, 0.15) is 28.2 Å². The molecule has 0 radical (unpaired) electrons. The number of carbonyl (C=O) groups is 1. The number of rotatable bonds is 5. The summed E-state index contributed by atoms with van der Waals surface area (Å²) in [6, 6.07) is 1.96. The molecule has 0 bridgehead atoms. The number of ketones is 1. The predicted molar refractivity (Wildman–Crippen MR) is 86.9 cm³/mol. The summed E-state index contributed by atoms with van der Waals surface area (Å²) in [6.07, 6.45) is 2.75. The summed E-state index contributed by atoms with van der Waals surface area (Å²) in [5.74, 6) is 0.463. The van der Waals surface area contributed by atoms with E-state index in [1.54, 1.807) is 17.5 Å². The van der Waals surface area contributed by atoms with Crippen molar-refractivity contribution in [3.63, 3.8) is 0 Å². The van der Waals surface area contributed by atoms with E-state index in [4.69, 9.17) is 0 Å². The summed E-state index contributed by atoms with van der Waals surface area (Å²) < 4.78 is 2.04. The fraction of sp³-hybridized carbons (Fsp3) is 0.500. The molecule has 1 fully saturated rings. The lowest BCUT2D eigenvalue weighted by atomic mass is 10.1. The van der Waals surface area contributed by atoms with Crippen LogP contribution in [-0.2, 0) is 0 Å². The number of aliphatic hydroxyl groups is 1. The van der Waals surface area contributed by atoms with Gasteiger partial charge in [-0.05, 0) is 38.8 Å². The van der Waals surface area contributed by atoms with Gasteiger partial charge in [-0.25, -0.2) is 4.98 Å². The minimum absolute atomic E-state index is 0.148. The van der Waals surface area contributed by atoms with Gasteiger partial charge in [0.1, 0.15) is 0 Å². The Morgan fingerprint density at radius 1 is 1.50 bits per heavy atom. The highest BCUT2D eigenvalue weighted by molar-refractivity contribution is 7.12. The standard InChI is InChI=1S/C16H21N3O2S/c1-11-7-14(12(2)19(11)16-17-4-6-22-16)15(21)9-18-5-3-13(8-18)10-20/h4,6-7,13,20H,3,5,8-10H2,1-2H3. The van der Waals surface area contributed by atoms with E-state index in [0.717, 1.165) is 41.6 Å². The molecule has 2 aromatic rings. The van der Waals surface area contributed by atoms with Crippen LogP contribution < -0.4 is 0 Å². The second-order valence-corrected chi connectivity index (χ2v) is 6.80. The molecule has 1 aliphatic heterocycles. The van der Waals surface area contributed by atoms with E-state index >= 15 is 0 Å². The normalized spacial score (nSPS) is 19.0. The van der Waals surface area contributed by atoms with Crippen LogP contribution in [-0.4, -0.2) is 51.6 Å². The van der Waals surface area contributed by atoms with Gasteiger partial charge in [0.15, 0.2) is 10.9 Å². The van der Waals surface area contributed by atoms with Crippen LogP contribution in [0.3, 0.4) is 0 Å². The van der Waals surface area contributed by atoms with Gasteiger partial charge < -0.3 is 5.11 Å². The van der Waals surface area contributed by atoms with Crippen molar-refractivity contribution in [2.45, 2.75) is 20.3 Å². The van der Waals surface area contributed by atoms with E-state index < -0.39 is 0 Å². The minimum Gasteiger partial charge on any atom is -0.396 e. The maximum absolute atomic E-state index is 12.6. The maximum atomic E-state index is 12.6. The SMILES string of the molecule is Cc1cc(C(=O)CN2CCC(CO)C2)c(C)n1-c1nccs1. The van der Waals surface area contributed by atoms with Crippen LogP contribution in [0.5, 0.6) is 0 Å². The van der Waals surface area contributed by atoms with Crippen molar-refractivity contribution in [1.82, 2.24) is 14.5 Å². The molecular weight excluding hydrogens is 298 g/mol. The Balaban J connectivity index is 1.78. The summed E-state index contributed by atoms with van der Waals surface area (Å²) in [4.78, 5) is 19.1. The molecule has 2 aromatic heterocycles. The van der Waals surface area contributed by atoms with Crippen LogP contribution in [0.15, 0.2) is 17.6 Å². The van der Waals surface area contributed by atoms with Gasteiger partial charge in [0.2, 0.25) is 0 Å². The molecule has 1 saturated heterocycles. The first-order valence-corrected chi connectivity index (χ1v) is 8.43. The first-order valence-electron chi connectivity index (χ1n) is 7.55. The second kappa shape index (κ2) is 6.32. The fourth-order valence-corrected chi connectivity index (χ4v) is 3.91. The van der Waals surface area contributed by atoms with E-state index in [2.05, 4.69) is 9.88 Å². The number of carbonyl (C=O) groups excluding carboxylic acids is 1. The molecular formula is C16H21N3O2S. The Morgan fingerprint density at radius 2 is 2.32 bits per heavy atom. The molecule has 0 aromatic carbocycles. The molecule has 0 amide bonds. The topological polar surface area (TPSA) is 58.4 Å². The molecule has 118 valence electrons. The third-order valence-electron chi connectivity index (χ3n) is 4.34. The smallest absolute Gasteiger partial charge is 0.193 e. The van der Waals surface area contributed by atoms with Crippen molar-refractivity contribution in [2.24, 2.45) is 5.92 Å². The Kier molecular flexibility index (Phi) is 4.42. The molecule has 22 heavy (non-hydrogen) atoms. The van der Waals surface area contributed by atoms with Crippen LogP contribution in [0.2, 0.25) is 0 Å². The van der Waals surface area contributed by atoms with Crippen LogP contribution in [0, 0.1) is 19.8 Å². The van der Waals surface area contributed by atoms with Crippen LogP contribution in [0.25, 0.3) is 5.13 Å². The molecule has 0 aliphatic carbocycles. The van der Waals surface area contributed by atoms with Crippen LogP contribution in [0.4, 0.5) is 0 Å². The number of aliphatic hydroxyl groups excluding tert-OH is 1. The summed E-state index contributed by atoms with van der Waals surface area (Å²) >= 11 is 1.57. The number of hydrogen-bond donors (Lipinski definition) is 1. The molecule has 1 N–H and O–H groups in total. The molecule has 3 heterocycles. The quantitative estimate of drug-likeness (QED) is 0.857. The van der Waals surface area contributed by atoms with Crippen molar-refractivity contribution in [3.8, 4) is 5.13 Å². The Morgan fingerprint density at radius 3 is 2.95 bits per heavy atom. The third kappa shape index (κ3) is 2.86. The highest BCUT2D eigenvalue weighted by Gasteiger charge is 2.25. The molecule has 5 nitrogen and oxygen atoms in total. The van der Waals surface area contributed by atoms with Gasteiger partial charge in [0.25, 0.3) is 0 Å². The van der Waals surface area contributed by atoms with E-state index in [1.165, 1.54) is 0 Å². The number of hydrogen-bond acceptors (Lipinski definition) is 5. The van der Waals surface area contributed by atoms with Gasteiger partial charge >= 0.3 is 0 Å². The van der Waals surface area contributed by atoms with Crippen LogP contribution >= 0.6 is 11.3 Å². The fourth-order valence-electron chi connectivity index (χ4n) is 3.16. The zero-order valence-electron chi connectivity index (χ0n) is 13.0. The molecule has 1 atom stereocenters. The summed E-state index contributed by atoms with van der Waals surface area (Å²) in [7, 11) is 0. The van der Waals surface area contributed by atoms with Gasteiger partial charge in [-0.1, -0.05) is 0 Å². The lowest BCUT2D eigenvalue weighted by Gasteiger charge is -2.14. The molecule has 0 spiro atoms. The zero-order valence-corrected chi connectivity index (χ0v) is 13.8. The number of thiazole rings is 1. The lowest BCUT2D eigenvalue weighted by molar-refractivity contribution is 0.0939. The zero-order chi connectivity index (χ0) is 15.7. The minimum atomic E-state index is 0.148. The molecule has 6 heteroatoms. The largest absolute Gasteiger partial charge is 0.396 e. The Hall–Kier alpha value is -1.50. The van der Waals surface area contributed by atoms with E-state index in [9.17, 15) is 9.90 Å². The number of likely N-dealkylation sites (tertiary alicyclic amines) is 1. The number of aryl methyl sites for hydroxylation is 1. The average molecular weight is 319 g/mol. The molecule has 0 saturated carbocycles. The van der Waals surface area contributed by atoms with E-state index in [0.29, 0.717) is 12.5 Å². The summed E-state index contributed by atoms with van der Waals surface area (Å²) in [5.41, 5.74) is 2.76. The Bertz CT molecular complexity index is 663. The van der Waals surface area contributed by atoms with Crippen molar-refractivity contribution in [1.29, 1.82) is 0 Å². The monoisotopic (exact) mass is 319 g/mol. The second-order valence-electron chi connectivity index (χ2n) is 5.93. The van der Waals surface area contributed by atoms with Gasteiger partial charge in [-0.15, -0.1) is 11.3 Å². The predicted octanol–water partition coefficient (Wildman–Crippen LogP) is 2.05. The van der Waals surface area contributed by atoms with Gasteiger partial charge in [0.05, 0.1) is 6.54 Å². The lowest BCUT2D eigenvalue weighted by Crippen LogP contribution is -2.28. The van der Waals surface area contributed by atoms with Gasteiger partial charge in [0, 0.05) is 41.7 Å². The van der Waals surface area contributed by atoms with Crippen molar-refractivity contribution < 1.29 is 9.90 Å². The van der Waals surface area contributed by atoms with E-state index in [1.807, 2.05) is 29.9 Å². The highest BCUT2D eigenvalue weighted by atomic mass is 32.1. The van der Waals surface area contributed by atoms with Gasteiger partial charge in [-0.3, -0.25) is 14.3 Å². The van der Waals surface area contributed by atoms with Gasteiger partial charge in [-0.2, -0.15) is 0 Å². The summed E-state index contributed by atoms with van der Waals surface area (Å²) in [5, 5.41) is 12.0. The van der Waals surface area contributed by atoms with E-state index in [-0.39, 0.29) is 12.4 Å². The maximum Gasteiger partial charge on any atom is 0.193 e. The Labute approximate surface area is 134 Å². The number of aromatic nitrogens is 2. The molecule has 1 unspecified atom stereocenters. The molecule has 3 rings (SSSR count). The van der Waals surface area contributed by atoms with Crippen molar-refractivity contribution >= 4 is 17.1 Å².